The number of nitrogens with one attached hydrogen (secondary N) is 1. The fourth-order valence-electron chi connectivity index (χ4n) is 2.38. The summed E-state index contributed by atoms with van der Waals surface area (Å²) in [6.45, 7) is 0.365. The zero-order valence-electron chi connectivity index (χ0n) is 6.56. The summed E-state index contributed by atoms with van der Waals surface area (Å²) in [6, 6.07) is 0. The van der Waals surface area contributed by atoms with Crippen molar-refractivity contribution < 1.29 is 23.1 Å². The maximum absolute atomic E-state index is 12.3. The monoisotopic (exact) mass is 195 g/mol. The van der Waals surface area contributed by atoms with E-state index in [0.717, 1.165) is 0 Å². The number of alkyl halides is 3. The van der Waals surface area contributed by atoms with Gasteiger partial charge in [0.1, 0.15) is 5.54 Å². The Kier molecular flexibility index (Phi) is 1.47. The lowest BCUT2D eigenvalue weighted by atomic mass is 10.2. The van der Waals surface area contributed by atoms with E-state index in [9.17, 15) is 18.0 Å². The molecule has 3 nitrogen and oxygen atoms in total. The van der Waals surface area contributed by atoms with Gasteiger partial charge >= 0.3 is 12.1 Å². The van der Waals surface area contributed by atoms with Crippen LogP contribution in [0.3, 0.4) is 0 Å². The molecule has 6 heteroatoms. The molecule has 2 rings (SSSR count). The van der Waals surface area contributed by atoms with Gasteiger partial charge < -0.3 is 10.4 Å². The Morgan fingerprint density at radius 1 is 1.54 bits per heavy atom. The lowest BCUT2D eigenvalue weighted by Crippen LogP contribution is -2.42. The van der Waals surface area contributed by atoms with Crippen molar-refractivity contribution in [2.24, 2.45) is 11.8 Å². The van der Waals surface area contributed by atoms with Gasteiger partial charge in [-0.2, -0.15) is 13.2 Å². The third-order valence-corrected chi connectivity index (χ3v) is 2.95. The average molecular weight is 195 g/mol. The summed E-state index contributed by atoms with van der Waals surface area (Å²) in [5.41, 5.74) is -1.70. The minimum atomic E-state index is -4.39. The second-order valence-corrected chi connectivity index (χ2v) is 3.52. The largest absolute Gasteiger partial charge is 0.480 e. The Hall–Kier alpha value is -0.780. The first-order valence-corrected chi connectivity index (χ1v) is 3.96. The molecule has 3 atom stereocenters. The van der Waals surface area contributed by atoms with Crippen molar-refractivity contribution in [1.29, 1.82) is 0 Å². The number of carboxylic acids is 1. The zero-order valence-corrected chi connectivity index (χ0v) is 6.56. The van der Waals surface area contributed by atoms with Crippen molar-refractivity contribution in [2.75, 3.05) is 6.54 Å². The van der Waals surface area contributed by atoms with Crippen LogP contribution in [0.1, 0.15) is 6.42 Å². The zero-order chi connectivity index (χ0) is 9.85. The van der Waals surface area contributed by atoms with Crippen LogP contribution in [0.4, 0.5) is 13.2 Å². The van der Waals surface area contributed by atoms with Crippen molar-refractivity contribution in [3.8, 4) is 0 Å². The number of hydrogen-bond acceptors (Lipinski definition) is 2. The van der Waals surface area contributed by atoms with Crippen LogP contribution in [0.15, 0.2) is 0 Å². The van der Waals surface area contributed by atoms with Gasteiger partial charge in [0, 0.05) is 5.92 Å². The summed E-state index contributed by atoms with van der Waals surface area (Å²) in [5.74, 6) is -3.83. The molecule has 1 saturated heterocycles. The van der Waals surface area contributed by atoms with Crippen LogP contribution in [-0.2, 0) is 4.79 Å². The SMILES string of the molecule is O=C(O)C12NCCC1C2C(F)(F)F. The minimum Gasteiger partial charge on any atom is -0.480 e. The third kappa shape index (κ3) is 0.919. The number of rotatable bonds is 1. The highest BCUT2D eigenvalue weighted by molar-refractivity contribution is 5.85. The van der Waals surface area contributed by atoms with E-state index in [4.69, 9.17) is 5.11 Å². The van der Waals surface area contributed by atoms with Gasteiger partial charge in [0.05, 0.1) is 5.92 Å². The van der Waals surface area contributed by atoms with Gasteiger partial charge in [0.2, 0.25) is 0 Å². The van der Waals surface area contributed by atoms with Gasteiger partial charge in [0.15, 0.2) is 0 Å². The molecule has 0 amide bonds. The van der Waals surface area contributed by atoms with Gasteiger partial charge in [0.25, 0.3) is 0 Å². The van der Waals surface area contributed by atoms with Crippen LogP contribution in [0.5, 0.6) is 0 Å². The fourth-order valence-corrected chi connectivity index (χ4v) is 2.38. The molecule has 3 unspecified atom stereocenters. The summed E-state index contributed by atoms with van der Waals surface area (Å²) in [7, 11) is 0. The summed E-state index contributed by atoms with van der Waals surface area (Å²) in [4.78, 5) is 10.7. The second kappa shape index (κ2) is 2.17. The van der Waals surface area contributed by atoms with Crippen LogP contribution in [0.25, 0.3) is 0 Å². The van der Waals surface area contributed by atoms with Crippen molar-refractivity contribution >= 4 is 5.97 Å². The van der Waals surface area contributed by atoms with Crippen LogP contribution in [-0.4, -0.2) is 29.3 Å². The first-order valence-electron chi connectivity index (χ1n) is 3.96. The Bertz CT molecular complexity index is 265. The number of carboxylic acid groups (broad SMARTS) is 1. The summed E-state index contributed by atoms with van der Waals surface area (Å²) in [6.07, 6.45) is -4.09. The molecule has 2 fully saturated rings. The van der Waals surface area contributed by atoms with Crippen LogP contribution in [0, 0.1) is 11.8 Å². The van der Waals surface area contributed by atoms with Crippen LogP contribution < -0.4 is 5.32 Å². The summed E-state index contributed by atoms with van der Waals surface area (Å²) >= 11 is 0. The smallest absolute Gasteiger partial charge is 0.394 e. The highest BCUT2D eigenvalue weighted by Crippen LogP contribution is 2.62. The Balaban J connectivity index is 2.25. The van der Waals surface area contributed by atoms with Gasteiger partial charge in [-0.25, -0.2) is 0 Å². The topological polar surface area (TPSA) is 49.3 Å². The van der Waals surface area contributed by atoms with Gasteiger partial charge in [-0.05, 0) is 13.0 Å². The first-order chi connectivity index (χ1) is 5.90. The lowest BCUT2D eigenvalue weighted by molar-refractivity contribution is -0.165. The Morgan fingerprint density at radius 2 is 2.15 bits per heavy atom. The molecular weight excluding hydrogens is 187 g/mol. The van der Waals surface area contributed by atoms with Gasteiger partial charge in [-0.3, -0.25) is 4.79 Å². The molecule has 0 aromatic carbocycles. The van der Waals surface area contributed by atoms with E-state index in [1.165, 1.54) is 0 Å². The summed E-state index contributed by atoms with van der Waals surface area (Å²) in [5, 5.41) is 11.1. The van der Waals surface area contributed by atoms with E-state index in [0.29, 0.717) is 13.0 Å². The lowest BCUT2D eigenvalue weighted by Gasteiger charge is -2.13. The molecule has 13 heavy (non-hydrogen) atoms. The average Bonchev–Trinajstić information content (AvgIpc) is 2.45. The maximum atomic E-state index is 12.3. The van der Waals surface area contributed by atoms with Crippen LogP contribution in [0.2, 0.25) is 0 Å². The first kappa shape index (κ1) is 8.80. The Morgan fingerprint density at radius 3 is 2.46 bits per heavy atom. The van der Waals surface area contributed by atoms with Crippen molar-refractivity contribution in [3.05, 3.63) is 0 Å². The van der Waals surface area contributed by atoms with E-state index < -0.39 is 29.5 Å². The Labute approximate surface area is 71.9 Å². The number of halogens is 3. The number of hydrogen-bond donors (Lipinski definition) is 2. The normalized spacial score (nSPS) is 43.0. The predicted molar refractivity (Wildman–Crippen MR) is 36.0 cm³/mol. The third-order valence-electron chi connectivity index (χ3n) is 2.95. The molecule has 1 aliphatic heterocycles. The number of piperidine rings is 1. The molecule has 0 spiro atoms. The van der Waals surface area contributed by atoms with Gasteiger partial charge in [-0.15, -0.1) is 0 Å². The fraction of sp³-hybridized carbons (Fsp3) is 0.857. The molecule has 0 bridgehead atoms. The van der Waals surface area contributed by atoms with E-state index in [1.807, 2.05) is 0 Å². The molecule has 0 aromatic rings. The van der Waals surface area contributed by atoms with E-state index in [1.54, 1.807) is 0 Å². The molecule has 0 aromatic heterocycles. The molecule has 74 valence electrons. The van der Waals surface area contributed by atoms with Crippen molar-refractivity contribution in [1.82, 2.24) is 5.32 Å². The van der Waals surface area contributed by atoms with E-state index in [-0.39, 0.29) is 0 Å². The molecule has 1 aliphatic carbocycles. The highest BCUT2D eigenvalue weighted by Gasteiger charge is 2.80. The number of fused-ring (bicyclic) bond motifs is 1. The second-order valence-electron chi connectivity index (χ2n) is 3.52. The van der Waals surface area contributed by atoms with E-state index in [2.05, 4.69) is 5.32 Å². The summed E-state index contributed by atoms with van der Waals surface area (Å²) < 4.78 is 36.8. The van der Waals surface area contributed by atoms with E-state index >= 15 is 0 Å². The molecule has 2 aliphatic rings. The number of aliphatic carboxylic acids is 1. The van der Waals surface area contributed by atoms with Gasteiger partial charge in [-0.1, -0.05) is 0 Å². The number of carbonyl (C=O) groups is 1. The molecule has 2 N–H and O–H groups in total. The van der Waals surface area contributed by atoms with Crippen molar-refractivity contribution in [2.45, 2.75) is 18.1 Å². The van der Waals surface area contributed by atoms with Crippen LogP contribution >= 0.6 is 0 Å². The highest BCUT2D eigenvalue weighted by atomic mass is 19.4. The quantitative estimate of drug-likeness (QED) is 0.644. The molecule has 0 radical (unpaired) electrons. The minimum absolute atomic E-state index is 0.302. The van der Waals surface area contributed by atoms with Crippen molar-refractivity contribution in [3.63, 3.8) is 0 Å². The predicted octanol–water partition coefficient (Wildman–Crippen LogP) is 0.611. The molecule has 1 saturated carbocycles. The molecule has 1 heterocycles. The standard InChI is InChI=1S/C7H8F3NO2/c8-7(9,10)4-3-1-2-11-6(3,4)5(12)13/h3-4,11H,1-2H2,(H,12,13). The maximum Gasteiger partial charge on any atom is 0.394 e. The molecular formula is C7H8F3NO2.